The van der Waals surface area contributed by atoms with Crippen molar-refractivity contribution in [1.82, 2.24) is 4.57 Å². The molecule has 0 aliphatic carbocycles. The lowest BCUT2D eigenvalue weighted by Gasteiger charge is -2.42. The topological polar surface area (TPSA) is 18.1 Å². The normalized spacial score (nSPS) is 12.4. The van der Waals surface area contributed by atoms with Crippen molar-refractivity contribution in [3.05, 3.63) is 176 Å². The second-order valence-electron chi connectivity index (χ2n) is 11.3. The van der Waals surface area contributed by atoms with Crippen molar-refractivity contribution in [3.8, 4) is 5.69 Å². The van der Waals surface area contributed by atoms with Crippen LogP contribution in [-0.2, 0) is 0 Å². The Labute approximate surface area is 263 Å². The van der Waals surface area contributed by atoms with Gasteiger partial charge in [-0.15, -0.1) is 10.0 Å². The third-order valence-corrected chi connectivity index (χ3v) is 12.8. The van der Waals surface area contributed by atoms with E-state index in [-0.39, 0.29) is 0 Å². The van der Waals surface area contributed by atoms with E-state index in [0.717, 1.165) is 27.6 Å². The maximum atomic E-state index is 6.91. The maximum absolute atomic E-state index is 6.91. The lowest BCUT2D eigenvalue weighted by Crippen LogP contribution is -2.06. The average Bonchev–Trinajstić information content (AvgIpc) is 3.66. The van der Waals surface area contributed by atoms with Crippen LogP contribution in [0.25, 0.3) is 49.4 Å². The molecule has 0 atom stereocenters. The molecule has 0 spiro atoms. The van der Waals surface area contributed by atoms with Gasteiger partial charge in [-0.1, -0.05) is 109 Å². The summed E-state index contributed by atoms with van der Waals surface area (Å²) in [7, 11) is -2.01. The van der Waals surface area contributed by atoms with Crippen molar-refractivity contribution in [3.63, 3.8) is 0 Å². The highest BCUT2D eigenvalue weighted by Gasteiger charge is 2.36. The summed E-state index contributed by atoms with van der Waals surface area (Å²) in [6, 6.07) is 63.7. The summed E-state index contributed by atoms with van der Waals surface area (Å²) in [4.78, 5) is 4.99. The third kappa shape index (κ3) is 3.84. The van der Waals surface area contributed by atoms with Gasteiger partial charge in [0.15, 0.2) is 0 Å². The Morgan fingerprint density at radius 2 is 0.844 bits per heavy atom. The van der Waals surface area contributed by atoms with Crippen LogP contribution in [0.15, 0.2) is 200 Å². The molecule has 0 saturated carbocycles. The average molecular weight is 596 g/mol. The van der Waals surface area contributed by atoms with E-state index in [0.29, 0.717) is 0 Å². The summed E-state index contributed by atoms with van der Waals surface area (Å²) >= 11 is 0. The fourth-order valence-electron chi connectivity index (χ4n) is 7.00. The summed E-state index contributed by atoms with van der Waals surface area (Å²) < 4.78 is 9.34. The molecule has 3 heteroatoms. The lowest BCUT2D eigenvalue weighted by atomic mass is 10.1. The highest BCUT2D eigenvalue weighted by molar-refractivity contribution is 8.34. The molecule has 0 amide bonds. The maximum Gasteiger partial charge on any atom is 0.148 e. The first-order chi connectivity index (χ1) is 22.3. The fraction of sp³-hybridized carbons (Fsp3) is 0. The van der Waals surface area contributed by atoms with Crippen LogP contribution in [0.3, 0.4) is 0 Å². The van der Waals surface area contributed by atoms with Gasteiger partial charge in [0.05, 0.1) is 11.0 Å². The van der Waals surface area contributed by atoms with Gasteiger partial charge in [-0.2, -0.15) is 0 Å². The SMILES string of the molecule is c1ccc(S(c2ccccc2)(c2ccccc2)c2cc(-n3c4ccccc4c4ccccc43)cc3c2oc2ccccc23)cc1. The molecule has 2 heterocycles. The van der Waals surface area contributed by atoms with Crippen LogP contribution in [0.4, 0.5) is 0 Å². The minimum Gasteiger partial charge on any atom is -0.455 e. The number of hydrogen-bond acceptors (Lipinski definition) is 1. The zero-order valence-corrected chi connectivity index (χ0v) is 25.3. The van der Waals surface area contributed by atoms with Gasteiger partial charge in [0.1, 0.15) is 11.2 Å². The Morgan fingerprint density at radius 3 is 1.38 bits per heavy atom. The zero-order chi connectivity index (χ0) is 29.8. The highest BCUT2D eigenvalue weighted by Crippen LogP contribution is 2.75. The van der Waals surface area contributed by atoms with Crippen LogP contribution in [0, 0.1) is 0 Å². The molecule has 0 fully saturated rings. The van der Waals surface area contributed by atoms with E-state index >= 15 is 0 Å². The van der Waals surface area contributed by atoms with Gasteiger partial charge < -0.3 is 8.98 Å². The summed E-state index contributed by atoms with van der Waals surface area (Å²) in [6.45, 7) is 0. The molecule has 0 aliphatic heterocycles. The second kappa shape index (κ2) is 10.3. The van der Waals surface area contributed by atoms with Gasteiger partial charge in [-0.25, -0.2) is 0 Å². The van der Waals surface area contributed by atoms with Crippen LogP contribution in [-0.4, -0.2) is 4.57 Å². The Hall–Kier alpha value is -5.51. The quantitative estimate of drug-likeness (QED) is 0.194. The molecule has 9 rings (SSSR count). The van der Waals surface area contributed by atoms with Crippen LogP contribution in [0.1, 0.15) is 0 Å². The molecule has 2 aromatic heterocycles. The standard InChI is InChI=1S/C42H29NOS/c1-4-16-31(17-5-1)45(32-18-6-2-7-19-32,33-20-8-3-9-21-33)41-29-30(28-37-36-24-12-15-27-40(36)44-42(37)41)43-38-25-13-10-22-34(38)35-23-11-14-26-39(35)43/h1-29H. The van der Waals surface area contributed by atoms with Crippen molar-refractivity contribution in [2.75, 3.05) is 0 Å². The minimum absolute atomic E-state index is 0.899. The van der Waals surface area contributed by atoms with Gasteiger partial charge in [-0.05, 0) is 66.7 Å². The fourth-order valence-corrected chi connectivity index (χ4v) is 11.0. The second-order valence-corrected chi connectivity index (χ2v) is 14.4. The van der Waals surface area contributed by atoms with Crippen LogP contribution < -0.4 is 0 Å². The molecular formula is C42H29NOS. The van der Waals surface area contributed by atoms with Crippen molar-refractivity contribution in [1.29, 1.82) is 0 Å². The Morgan fingerprint density at radius 1 is 0.400 bits per heavy atom. The van der Waals surface area contributed by atoms with E-state index in [1.54, 1.807) is 0 Å². The van der Waals surface area contributed by atoms with E-state index in [9.17, 15) is 0 Å². The summed E-state index contributed by atoms with van der Waals surface area (Å²) in [6.07, 6.45) is 0. The summed E-state index contributed by atoms with van der Waals surface area (Å²) in [5.74, 6) is 0. The number of rotatable bonds is 5. The zero-order valence-electron chi connectivity index (χ0n) is 24.5. The smallest absolute Gasteiger partial charge is 0.148 e. The Balaban J connectivity index is 1.52. The monoisotopic (exact) mass is 595 g/mol. The largest absolute Gasteiger partial charge is 0.455 e. The molecular weight excluding hydrogens is 567 g/mol. The number of aromatic nitrogens is 1. The molecule has 214 valence electrons. The molecule has 0 N–H and O–H groups in total. The van der Waals surface area contributed by atoms with Crippen molar-refractivity contribution in [2.45, 2.75) is 19.6 Å². The van der Waals surface area contributed by atoms with Gasteiger partial charge >= 0.3 is 0 Å². The first-order valence-electron chi connectivity index (χ1n) is 15.3. The van der Waals surface area contributed by atoms with Gasteiger partial charge in [0.25, 0.3) is 0 Å². The molecule has 2 nitrogen and oxygen atoms in total. The van der Waals surface area contributed by atoms with Crippen molar-refractivity contribution >= 4 is 53.8 Å². The lowest BCUT2D eigenvalue weighted by molar-refractivity contribution is 0.659. The van der Waals surface area contributed by atoms with Gasteiger partial charge in [0, 0.05) is 46.8 Å². The van der Waals surface area contributed by atoms with Crippen molar-refractivity contribution < 1.29 is 4.42 Å². The number of furan rings is 1. The molecule has 45 heavy (non-hydrogen) atoms. The van der Waals surface area contributed by atoms with Crippen molar-refractivity contribution in [2.24, 2.45) is 0 Å². The molecule has 0 saturated heterocycles. The number of fused-ring (bicyclic) bond motifs is 6. The van der Waals surface area contributed by atoms with Gasteiger partial charge in [0.2, 0.25) is 0 Å². The summed E-state index contributed by atoms with van der Waals surface area (Å²) in [5.41, 5.74) is 5.34. The number of benzene rings is 7. The van der Waals surface area contributed by atoms with Crippen LogP contribution in [0.5, 0.6) is 0 Å². The Bertz CT molecular complexity index is 2330. The molecule has 0 aliphatic rings. The van der Waals surface area contributed by atoms with Gasteiger partial charge in [-0.3, -0.25) is 0 Å². The van der Waals surface area contributed by atoms with E-state index in [2.05, 4.69) is 180 Å². The highest BCUT2D eigenvalue weighted by atomic mass is 32.3. The van der Waals surface area contributed by atoms with Crippen LogP contribution in [0.2, 0.25) is 0 Å². The number of hydrogen-bond donors (Lipinski definition) is 0. The summed E-state index contributed by atoms with van der Waals surface area (Å²) in [5, 5.41) is 4.75. The number of nitrogens with zero attached hydrogens (tertiary/aromatic N) is 1. The molecule has 0 bridgehead atoms. The Kier molecular flexibility index (Phi) is 5.93. The predicted molar refractivity (Wildman–Crippen MR) is 188 cm³/mol. The molecule has 7 aromatic carbocycles. The van der Waals surface area contributed by atoms with Crippen LogP contribution >= 0.6 is 10.0 Å². The molecule has 9 aromatic rings. The first-order valence-corrected chi connectivity index (χ1v) is 16.9. The number of para-hydroxylation sites is 3. The van der Waals surface area contributed by atoms with E-state index in [1.165, 1.54) is 41.4 Å². The molecule has 0 radical (unpaired) electrons. The van der Waals surface area contributed by atoms with E-state index in [4.69, 9.17) is 4.42 Å². The third-order valence-electron chi connectivity index (χ3n) is 8.89. The molecule has 0 unspecified atom stereocenters. The minimum atomic E-state index is -2.01. The van der Waals surface area contributed by atoms with E-state index < -0.39 is 10.0 Å². The van der Waals surface area contributed by atoms with E-state index in [1.807, 2.05) is 0 Å². The predicted octanol–water partition coefficient (Wildman–Crippen LogP) is 12.0. The first kappa shape index (κ1) is 25.9.